The Labute approximate surface area is 212 Å². The van der Waals surface area contributed by atoms with E-state index in [-0.39, 0.29) is 31.6 Å². The van der Waals surface area contributed by atoms with Gasteiger partial charge in [-0.05, 0) is 30.4 Å². The second-order valence-corrected chi connectivity index (χ2v) is 11.5. The summed E-state index contributed by atoms with van der Waals surface area (Å²) >= 11 is 0. The molecule has 1 N–H and O–H groups in total. The minimum absolute atomic E-state index is 0.0747. The van der Waals surface area contributed by atoms with Gasteiger partial charge in [-0.2, -0.15) is 0 Å². The largest absolute Gasteiger partial charge is 0.396 e. The summed E-state index contributed by atoms with van der Waals surface area (Å²) in [5.41, 5.74) is 0.853. The molecule has 2 amide bonds. The summed E-state index contributed by atoms with van der Waals surface area (Å²) in [5.74, 6) is -1.83. The van der Waals surface area contributed by atoms with Crippen LogP contribution in [-0.2, 0) is 36.4 Å². The van der Waals surface area contributed by atoms with E-state index >= 15 is 0 Å². The number of carbonyl (C=O) groups excluding carboxylic acids is 2. The molecule has 0 radical (unpaired) electrons. The third-order valence-electron chi connectivity index (χ3n) is 6.82. The molecular weight excluding hydrogens is 477 g/mol. The monoisotopic (exact) mass is 511 g/mol. The van der Waals surface area contributed by atoms with E-state index in [1.807, 2.05) is 66.7 Å². The molecule has 0 bridgehead atoms. The number of carbonyl (C=O) groups is 2. The van der Waals surface area contributed by atoms with Crippen LogP contribution in [0.3, 0.4) is 0 Å². The Bertz CT molecular complexity index is 1040. The molecule has 192 valence electrons. The van der Waals surface area contributed by atoms with Crippen molar-refractivity contribution >= 4 is 19.4 Å². The van der Waals surface area contributed by atoms with E-state index in [1.165, 1.54) is 4.90 Å². The number of hydrogen-bond donors (Lipinski definition) is 1. The van der Waals surface area contributed by atoms with Crippen molar-refractivity contribution in [2.45, 2.75) is 51.0 Å². The van der Waals surface area contributed by atoms with Gasteiger partial charge in [0.15, 0.2) is 0 Å². The van der Waals surface area contributed by atoms with Crippen LogP contribution in [0.25, 0.3) is 0 Å². The topological polar surface area (TPSA) is 93.1 Å². The van der Waals surface area contributed by atoms with Crippen LogP contribution in [0.4, 0.5) is 0 Å². The minimum atomic E-state index is -3.84. The van der Waals surface area contributed by atoms with Crippen molar-refractivity contribution in [2.24, 2.45) is 11.8 Å². The first-order chi connectivity index (χ1) is 17.5. The van der Waals surface area contributed by atoms with Crippen molar-refractivity contribution in [1.29, 1.82) is 0 Å². The average Bonchev–Trinajstić information content (AvgIpc) is 3.16. The first-order valence-corrected chi connectivity index (χ1v) is 14.2. The molecule has 0 saturated carbocycles. The molecule has 1 saturated heterocycles. The zero-order valence-electron chi connectivity index (χ0n) is 20.4. The number of benzene rings is 2. The third kappa shape index (κ3) is 6.22. The molecule has 0 unspecified atom stereocenters. The highest BCUT2D eigenvalue weighted by molar-refractivity contribution is 7.54. The van der Waals surface area contributed by atoms with E-state index < -0.39 is 25.1 Å². The minimum Gasteiger partial charge on any atom is -0.396 e. The normalized spacial score (nSPS) is 21.7. The highest BCUT2D eigenvalue weighted by atomic mass is 31.2. The van der Waals surface area contributed by atoms with Gasteiger partial charge in [0.2, 0.25) is 11.8 Å². The number of rotatable bonds is 13. The van der Waals surface area contributed by atoms with Crippen LogP contribution in [0.15, 0.2) is 72.8 Å². The molecule has 1 fully saturated rings. The summed E-state index contributed by atoms with van der Waals surface area (Å²) < 4.78 is 26.4. The molecule has 2 aromatic rings. The Morgan fingerprint density at radius 2 is 1.42 bits per heavy atom. The molecule has 0 aromatic heterocycles. The Kier molecular flexibility index (Phi) is 9.27. The number of unbranched alkanes of at least 4 members (excludes halogenated alkanes) is 3. The number of imide groups is 1. The van der Waals surface area contributed by atoms with Crippen LogP contribution in [0, 0.1) is 11.8 Å². The van der Waals surface area contributed by atoms with Crippen LogP contribution in [0.2, 0.25) is 0 Å². The van der Waals surface area contributed by atoms with Crippen molar-refractivity contribution < 1.29 is 28.3 Å². The number of allylic oxidation sites excluding steroid dienone is 2. The number of likely N-dealkylation sites (tertiary alicyclic amines) is 1. The smallest absolute Gasteiger partial charge is 0.338 e. The van der Waals surface area contributed by atoms with Gasteiger partial charge in [-0.1, -0.05) is 85.7 Å². The van der Waals surface area contributed by atoms with Gasteiger partial charge in [0, 0.05) is 13.2 Å². The van der Waals surface area contributed by atoms with Crippen LogP contribution < -0.4 is 0 Å². The average molecular weight is 512 g/mol. The number of aliphatic hydroxyl groups excluding tert-OH is 1. The Balaban J connectivity index is 1.54. The van der Waals surface area contributed by atoms with Crippen LogP contribution in [0.5, 0.6) is 0 Å². The summed E-state index contributed by atoms with van der Waals surface area (Å²) in [5, 5.41) is 8.96. The highest BCUT2D eigenvalue weighted by Gasteiger charge is 2.56. The van der Waals surface area contributed by atoms with Gasteiger partial charge in [0.1, 0.15) is 0 Å². The molecule has 2 aliphatic rings. The Morgan fingerprint density at radius 3 is 2.00 bits per heavy atom. The number of amides is 2. The molecule has 1 aliphatic heterocycles. The zero-order valence-corrected chi connectivity index (χ0v) is 21.3. The number of hydrogen-bond acceptors (Lipinski definition) is 6. The fraction of sp³-hybridized carbons (Fsp3) is 0.429. The van der Waals surface area contributed by atoms with Gasteiger partial charge >= 0.3 is 7.60 Å². The summed E-state index contributed by atoms with van der Waals surface area (Å²) in [7, 11) is -3.84. The molecule has 1 aliphatic carbocycles. The van der Waals surface area contributed by atoms with Gasteiger partial charge in [-0.3, -0.25) is 19.1 Å². The maximum absolute atomic E-state index is 14.3. The fourth-order valence-corrected chi connectivity index (χ4v) is 7.01. The third-order valence-corrected chi connectivity index (χ3v) is 9.02. The van der Waals surface area contributed by atoms with Crippen molar-refractivity contribution in [2.75, 3.05) is 13.2 Å². The second kappa shape index (κ2) is 12.6. The lowest BCUT2D eigenvalue weighted by molar-refractivity contribution is -0.140. The first-order valence-electron chi connectivity index (χ1n) is 12.6. The lowest BCUT2D eigenvalue weighted by Gasteiger charge is -2.32. The van der Waals surface area contributed by atoms with Gasteiger partial charge in [0.25, 0.3) is 0 Å². The number of fused-ring (bicyclic) bond motifs is 1. The molecule has 3 atom stereocenters. The number of nitrogens with zero attached hydrogens (tertiary/aromatic N) is 1. The predicted molar refractivity (Wildman–Crippen MR) is 137 cm³/mol. The summed E-state index contributed by atoms with van der Waals surface area (Å²) in [6, 6.07) is 18.8. The van der Waals surface area contributed by atoms with E-state index in [4.69, 9.17) is 14.2 Å². The molecule has 7 nitrogen and oxygen atoms in total. The molecule has 0 spiro atoms. The van der Waals surface area contributed by atoms with E-state index in [9.17, 15) is 14.2 Å². The van der Waals surface area contributed by atoms with Gasteiger partial charge in [-0.15, -0.1) is 0 Å². The Morgan fingerprint density at radius 1 is 0.833 bits per heavy atom. The summed E-state index contributed by atoms with van der Waals surface area (Å²) in [4.78, 5) is 28.0. The first kappa shape index (κ1) is 26.5. The molecule has 2 aromatic carbocycles. The second-order valence-electron chi connectivity index (χ2n) is 9.31. The van der Waals surface area contributed by atoms with Gasteiger partial charge in [0.05, 0.1) is 30.7 Å². The SMILES string of the molecule is O=C1[C@H]2[C@H](CC=C[C@H]2P(=O)(OCc2ccccc2)OCc2ccccc2)C(=O)N1CCCCCCO. The van der Waals surface area contributed by atoms with E-state index in [0.717, 1.165) is 24.0 Å². The lowest BCUT2D eigenvalue weighted by atomic mass is 9.85. The van der Waals surface area contributed by atoms with Gasteiger partial charge in [-0.25, -0.2) is 0 Å². The zero-order chi connectivity index (χ0) is 25.4. The highest BCUT2D eigenvalue weighted by Crippen LogP contribution is 2.60. The fourth-order valence-electron chi connectivity index (χ4n) is 4.87. The summed E-state index contributed by atoms with van der Waals surface area (Å²) in [6.07, 6.45) is 7.07. The Hall–Kier alpha value is -2.57. The standard InChI is InChI=1S/C28H34NO6P/c30-19-10-2-1-9-18-29-27(31)24-16-11-17-25(26(24)28(29)32)36(33,34-20-22-12-5-3-6-13-22)35-21-23-14-7-4-8-15-23/h3-8,11-15,17,24-26,30H,1-2,9-10,16,18-21H2/t24-,25+,26-/m0/s1. The predicted octanol–water partition coefficient (Wildman–Crippen LogP) is 5.10. The van der Waals surface area contributed by atoms with Crippen molar-refractivity contribution in [3.63, 3.8) is 0 Å². The molecule has 8 heteroatoms. The van der Waals surface area contributed by atoms with Crippen molar-refractivity contribution in [1.82, 2.24) is 4.90 Å². The maximum Gasteiger partial charge on any atom is 0.338 e. The van der Waals surface area contributed by atoms with E-state index in [1.54, 1.807) is 6.08 Å². The van der Waals surface area contributed by atoms with Crippen LogP contribution >= 0.6 is 7.60 Å². The van der Waals surface area contributed by atoms with E-state index in [0.29, 0.717) is 25.8 Å². The van der Waals surface area contributed by atoms with Crippen molar-refractivity contribution in [3.05, 3.63) is 83.9 Å². The van der Waals surface area contributed by atoms with Gasteiger partial charge < -0.3 is 14.2 Å². The number of aliphatic hydroxyl groups is 1. The molecular formula is C28H34NO6P. The van der Waals surface area contributed by atoms with Crippen molar-refractivity contribution in [3.8, 4) is 0 Å². The summed E-state index contributed by atoms with van der Waals surface area (Å²) in [6.45, 7) is 0.625. The molecule has 1 heterocycles. The lowest BCUT2D eigenvalue weighted by Crippen LogP contribution is -2.35. The molecule has 4 rings (SSSR count). The van der Waals surface area contributed by atoms with E-state index in [2.05, 4.69) is 0 Å². The quantitative estimate of drug-likeness (QED) is 0.174. The van der Waals surface area contributed by atoms with Crippen LogP contribution in [0.1, 0.15) is 43.2 Å². The maximum atomic E-state index is 14.3. The molecule has 36 heavy (non-hydrogen) atoms. The van der Waals surface area contributed by atoms with Crippen LogP contribution in [-0.4, -0.2) is 40.6 Å².